The van der Waals surface area contributed by atoms with E-state index in [0.29, 0.717) is 16.8 Å². The molecule has 20 heavy (non-hydrogen) atoms. The van der Waals surface area contributed by atoms with E-state index in [2.05, 4.69) is 22.9 Å². The van der Waals surface area contributed by atoms with E-state index < -0.39 is 9.05 Å². The van der Waals surface area contributed by atoms with E-state index in [1.165, 1.54) is 31.7 Å². The van der Waals surface area contributed by atoms with Gasteiger partial charge in [0.15, 0.2) is 0 Å². The lowest BCUT2D eigenvalue weighted by Crippen LogP contribution is -2.02. The van der Waals surface area contributed by atoms with Crippen LogP contribution < -0.4 is 4.74 Å². The van der Waals surface area contributed by atoms with Crippen LogP contribution in [-0.4, -0.2) is 15.0 Å². The second-order valence-corrected chi connectivity index (χ2v) is 8.10. The Bertz CT molecular complexity index is 517. The molecular formula is C14H20BrClO3S. The van der Waals surface area contributed by atoms with E-state index in [-0.39, 0.29) is 4.90 Å². The maximum atomic E-state index is 11.5. The maximum Gasteiger partial charge on any atom is 0.265 e. The normalized spacial score (nSPS) is 11.6. The van der Waals surface area contributed by atoms with Crippen LogP contribution in [0.2, 0.25) is 0 Å². The molecule has 1 rings (SSSR count). The van der Waals surface area contributed by atoms with Crippen LogP contribution in [0.15, 0.2) is 27.6 Å². The van der Waals surface area contributed by atoms with Gasteiger partial charge in [0.2, 0.25) is 0 Å². The van der Waals surface area contributed by atoms with Crippen molar-refractivity contribution in [2.45, 2.75) is 50.3 Å². The van der Waals surface area contributed by atoms with Gasteiger partial charge in [0.1, 0.15) is 10.6 Å². The predicted molar refractivity (Wildman–Crippen MR) is 86.1 cm³/mol. The summed E-state index contributed by atoms with van der Waals surface area (Å²) < 4.78 is 29.2. The fourth-order valence-corrected chi connectivity index (χ4v) is 3.37. The lowest BCUT2D eigenvalue weighted by Gasteiger charge is -2.10. The van der Waals surface area contributed by atoms with Crippen molar-refractivity contribution in [1.82, 2.24) is 0 Å². The van der Waals surface area contributed by atoms with Gasteiger partial charge >= 0.3 is 0 Å². The number of hydrogen-bond acceptors (Lipinski definition) is 3. The molecule has 0 aromatic heterocycles. The Morgan fingerprint density at radius 3 is 2.45 bits per heavy atom. The third-order valence-electron chi connectivity index (χ3n) is 2.92. The Balaban J connectivity index is 2.48. The summed E-state index contributed by atoms with van der Waals surface area (Å²) in [6.07, 6.45) is 6.95. The Hall–Kier alpha value is -0.260. The van der Waals surface area contributed by atoms with Crippen LogP contribution in [0.3, 0.4) is 0 Å². The molecule has 0 amide bonds. The van der Waals surface area contributed by atoms with E-state index in [9.17, 15) is 8.42 Å². The minimum Gasteiger partial charge on any atom is -0.492 e. The molecule has 0 saturated heterocycles. The predicted octanol–water partition coefficient (Wildman–Crippen LogP) is 5.12. The number of unbranched alkanes of at least 4 members (excludes halogenated alkanes) is 5. The van der Waals surface area contributed by atoms with Gasteiger partial charge in [0, 0.05) is 15.2 Å². The molecule has 0 fully saturated rings. The standard InChI is InChI=1S/C14H20BrClO3S/c1-2-3-4-5-6-7-10-19-13-9-8-12(15)11-14(13)20(16,17)18/h8-9,11H,2-7,10H2,1H3. The Morgan fingerprint density at radius 1 is 1.15 bits per heavy atom. The monoisotopic (exact) mass is 382 g/mol. The molecule has 0 spiro atoms. The first-order valence-electron chi connectivity index (χ1n) is 6.82. The molecule has 1 aromatic rings. The van der Waals surface area contributed by atoms with Crippen molar-refractivity contribution in [1.29, 1.82) is 0 Å². The molecule has 1 aromatic carbocycles. The molecule has 0 unspecified atom stereocenters. The molecule has 6 heteroatoms. The molecule has 3 nitrogen and oxygen atoms in total. The average molecular weight is 384 g/mol. The minimum absolute atomic E-state index is 0.0134. The van der Waals surface area contributed by atoms with Crippen LogP contribution in [-0.2, 0) is 9.05 Å². The van der Waals surface area contributed by atoms with Gasteiger partial charge in [0.25, 0.3) is 9.05 Å². The second-order valence-electron chi connectivity index (χ2n) is 4.65. The number of benzene rings is 1. The number of halogens is 2. The fraction of sp³-hybridized carbons (Fsp3) is 0.571. The van der Waals surface area contributed by atoms with Gasteiger partial charge in [-0.25, -0.2) is 8.42 Å². The molecule has 0 N–H and O–H groups in total. The average Bonchev–Trinajstić information content (AvgIpc) is 2.38. The zero-order valence-corrected chi connectivity index (χ0v) is 14.7. The van der Waals surface area contributed by atoms with Crippen molar-refractivity contribution in [3.8, 4) is 5.75 Å². The Morgan fingerprint density at radius 2 is 1.80 bits per heavy atom. The highest BCUT2D eigenvalue weighted by molar-refractivity contribution is 9.10. The van der Waals surface area contributed by atoms with Crippen LogP contribution in [0.1, 0.15) is 45.4 Å². The van der Waals surface area contributed by atoms with Crippen LogP contribution in [0.5, 0.6) is 5.75 Å². The highest BCUT2D eigenvalue weighted by Crippen LogP contribution is 2.30. The molecule has 0 saturated carbocycles. The number of ether oxygens (including phenoxy) is 1. The van der Waals surface area contributed by atoms with Gasteiger partial charge in [-0.1, -0.05) is 55.0 Å². The molecular weight excluding hydrogens is 364 g/mol. The van der Waals surface area contributed by atoms with Gasteiger partial charge in [-0.3, -0.25) is 0 Å². The molecule has 0 aliphatic rings. The van der Waals surface area contributed by atoms with Gasteiger partial charge < -0.3 is 4.74 Å². The molecule has 0 atom stereocenters. The third kappa shape index (κ3) is 6.46. The van der Waals surface area contributed by atoms with E-state index in [1.807, 2.05) is 0 Å². The van der Waals surface area contributed by atoms with Crippen molar-refractivity contribution in [2.24, 2.45) is 0 Å². The summed E-state index contributed by atoms with van der Waals surface area (Å²) in [5.41, 5.74) is 0. The van der Waals surface area contributed by atoms with Gasteiger partial charge in [-0.05, 0) is 24.6 Å². The van der Waals surface area contributed by atoms with E-state index in [0.717, 1.165) is 12.8 Å². The Kier molecular flexibility index (Phi) is 7.92. The lowest BCUT2D eigenvalue weighted by atomic mass is 10.1. The van der Waals surface area contributed by atoms with Crippen molar-refractivity contribution in [3.05, 3.63) is 22.7 Å². The zero-order chi connectivity index (χ0) is 15.0. The minimum atomic E-state index is -3.79. The summed E-state index contributed by atoms with van der Waals surface area (Å²) in [7, 11) is 1.61. The summed E-state index contributed by atoms with van der Waals surface area (Å²) in [4.78, 5) is 0.0134. The van der Waals surface area contributed by atoms with Gasteiger partial charge in [0.05, 0.1) is 6.61 Å². The summed E-state index contributed by atoms with van der Waals surface area (Å²) in [5, 5.41) is 0. The second kappa shape index (κ2) is 8.90. The van der Waals surface area contributed by atoms with Crippen molar-refractivity contribution < 1.29 is 13.2 Å². The smallest absolute Gasteiger partial charge is 0.265 e. The number of rotatable bonds is 9. The summed E-state index contributed by atoms with van der Waals surface area (Å²) >= 11 is 3.23. The molecule has 0 radical (unpaired) electrons. The Labute approximate surface area is 134 Å². The van der Waals surface area contributed by atoms with E-state index >= 15 is 0 Å². The van der Waals surface area contributed by atoms with E-state index in [1.54, 1.807) is 12.1 Å². The topological polar surface area (TPSA) is 43.4 Å². The van der Waals surface area contributed by atoms with Crippen LogP contribution in [0.25, 0.3) is 0 Å². The molecule has 0 aliphatic carbocycles. The molecule has 114 valence electrons. The van der Waals surface area contributed by atoms with Crippen LogP contribution in [0.4, 0.5) is 0 Å². The number of hydrogen-bond donors (Lipinski definition) is 0. The molecule has 0 bridgehead atoms. The fourth-order valence-electron chi connectivity index (χ4n) is 1.86. The van der Waals surface area contributed by atoms with Crippen molar-refractivity contribution >= 4 is 35.7 Å². The lowest BCUT2D eigenvalue weighted by molar-refractivity contribution is 0.297. The van der Waals surface area contributed by atoms with Gasteiger partial charge in [-0.15, -0.1) is 0 Å². The zero-order valence-electron chi connectivity index (χ0n) is 11.6. The van der Waals surface area contributed by atoms with Crippen molar-refractivity contribution in [3.63, 3.8) is 0 Å². The van der Waals surface area contributed by atoms with Crippen LogP contribution >= 0.6 is 26.6 Å². The first kappa shape index (κ1) is 17.8. The summed E-state index contributed by atoms with van der Waals surface area (Å²) in [6.45, 7) is 2.69. The highest BCUT2D eigenvalue weighted by Gasteiger charge is 2.17. The first-order valence-corrected chi connectivity index (χ1v) is 9.92. The van der Waals surface area contributed by atoms with Crippen LogP contribution in [0, 0.1) is 0 Å². The quantitative estimate of drug-likeness (QED) is 0.439. The molecule has 0 aliphatic heterocycles. The molecule has 0 heterocycles. The van der Waals surface area contributed by atoms with Gasteiger partial charge in [-0.2, -0.15) is 0 Å². The summed E-state index contributed by atoms with van der Waals surface area (Å²) in [5.74, 6) is 0.316. The SMILES string of the molecule is CCCCCCCCOc1ccc(Br)cc1S(=O)(=O)Cl. The largest absolute Gasteiger partial charge is 0.492 e. The first-order chi connectivity index (χ1) is 9.45. The van der Waals surface area contributed by atoms with Crippen molar-refractivity contribution in [2.75, 3.05) is 6.61 Å². The van der Waals surface area contributed by atoms with E-state index in [4.69, 9.17) is 15.4 Å². The third-order valence-corrected chi connectivity index (χ3v) is 4.76. The maximum absolute atomic E-state index is 11.5. The summed E-state index contributed by atoms with van der Waals surface area (Å²) in [6, 6.07) is 4.82. The highest BCUT2D eigenvalue weighted by atomic mass is 79.9.